The minimum Gasteiger partial charge on any atom is -0.299 e. The van der Waals surface area contributed by atoms with Crippen LogP contribution in [-0.2, 0) is 4.79 Å². The molecule has 0 N–H and O–H groups in total. The van der Waals surface area contributed by atoms with E-state index in [1.807, 2.05) is 0 Å². The number of nitro groups is 1. The van der Waals surface area contributed by atoms with E-state index < -0.39 is 16.7 Å². The maximum Gasteiger partial charge on any atom is 0.275 e. The number of carbonyl (C=O) groups is 1. The number of Topliss-reactive ketones (excluding diaryl/α,β-unsaturated/α-hetero) is 1. The molecule has 1 rings (SSSR count). The van der Waals surface area contributed by atoms with Gasteiger partial charge < -0.3 is 0 Å². The largest absolute Gasteiger partial charge is 0.299 e. The first-order valence-electron chi connectivity index (χ1n) is 5.02. The van der Waals surface area contributed by atoms with E-state index in [0.717, 1.165) is 12.1 Å². The molecule has 0 bridgehead atoms. The van der Waals surface area contributed by atoms with Crippen LogP contribution in [-0.4, -0.2) is 10.7 Å². The Morgan fingerprint density at radius 3 is 2.59 bits per heavy atom. The highest BCUT2D eigenvalue weighted by atomic mass is 35.5. The molecule has 6 heteroatoms. The highest BCUT2D eigenvalue weighted by molar-refractivity contribution is 6.31. The standard InChI is InChI=1S/C11H11ClFNO3/c1-3-7(6(2)15)8-4-10(13)9(12)5-11(8)14(16)17/h4-5,7H,3H2,1-2H3. The minimum atomic E-state index is -0.757. The molecule has 0 aliphatic rings. The van der Waals surface area contributed by atoms with Crippen LogP contribution in [0.1, 0.15) is 31.7 Å². The van der Waals surface area contributed by atoms with E-state index in [1.54, 1.807) is 6.92 Å². The van der Waals surface area contributed by atoms with Crippen molar-refractivity contribution in [2.24, 2.45) is 0 Å². The number of nitro benzene ring substituents is 1. The van der Waals surface area contributed by atoms with Gasteiger partial charge in [0.25, 0.3) is 5.69 Å². The van der Waals surface area contributed by atoms with Crippen molar-refractivity contribution < 1.29 is 14.1 Å². The minimum absolute atomic E-state index is 0.0758. The molecule has 1 aromatic carbocycles. The predicted molar refractivity (Wildman–Crippen MR) is 61.8 cm³/mol. The Kier molecular flexibility index (Phi) is 4.17. The van der Waals surface area contributed by atoms with Gasteiger partial charge in [0.1, 0.15) is 11.6 Å². The maximum absolute atomic E-state index is 13.3. The highest BCUT2D eigenvalue weighted by Gasteiger charge is 2.26. The normalized spacial score (nSPS) is 12.2. The molecule has 1 unspecified atom stereocenters. The summed E-state index contributed by atoms with van der Waals surface area (Å²) in [6.07, 6.45) is 0.372. The molecular formula is C11H11ClFNO3. The quantitative estimate of drug-likeness (QED) is 0.614. The molecule has 0 amide bonds. The van der Waals surface area contributed by atoms with E-state index >= 15 is 0 Å². The summed E-state index contributed by atoms with van der Waals surface area (Å²) in [5.41, 5.74) is -0.245. The van der Waals surface area contributed by atoms with Gasteiger partial charge in [-0.1, -0.05) is 18.5 Å². The van der Waals surface area contributed by atoms with Crippen LogP contribution in [0.5, 0.6) is 0 Å². The molecule has 0 aliphatic carbocycles. The summed E-state index contributed by atoms with van der Waals surface area (Å²) in [6, 6.07) is 1.91. The van der Waals surface area contributed by atoms with Gasteiger partial charge in [0.2, 0.25) is 0 Å². The van der Waals surface area contributed by atoms with Crippen molar-refractivity contribution >= 4 is 23.1 Å². The summed E-state index contributed by atoms with van der Waals surface area (Å²) in [6.45, 7) is 3.03. The van der Waals surface area contributed by atoms with Crippen LogP contribution in [0.15, 0.2) is 12.1 Å². The number of nitrogens with zero attached hydrogens (tertiary/aromatic N) is 1. The second-order valence-electron chi connectivity index (χ2n) is 3.65. The third kappa shape index (κ3) is 2.79. The van der Waals surface area contributed by atoms with Crippen LogP contribution in [0, 0.1) is 15.9 Å². The molecule has 1 aromatic rings. The Bertz CT molecular complexity index is 476. The first-order chi connectivity index (χ1) is 7.88. The molecule has 1 atom stereocenters. The van der Waals surface area contributed by atoms with Gasteiger partial charge in [0, 0.05) is 17.5 Å². The molecule has 0 spiro atoms. The SMILES string of the molecule is CCC(C(C)=O)c1cc(F)c(Cl)cc1[N+](=O)[O-]. The molecule has 4 nitrogen and oxygen atoms in total. The van der Waals surface area contributed by atoms with Crippen LogP contribution in [0.2, 0.25) is 5.02 Å². The molecule has 0 saturated carbocycles. The van der Waals surface area contributed by atoms with E-state index in [2.05, 4.69) is 0 Å². The van der Waals surface area contributed by atoms with Gasteiger partial charge >= 0.3 is 0 Å². The zero-order valence-electron chi connectivity index (χ0n) is 9.37. The average Bonchev–Trinajstić information content (AvgIpc) is 2.22. The molecule has 0 saturated heterocycles. The Morgan fingerprint density at radius 2 is 2.18 bits per heavy atom. The number of hydrogen-bond acceptors (Lipinski definition) is 3. The summed E-state index contributed by atoms with van der Waals surface area (Å²) >= 11 is 5.49. The number of rotatable bonds is 4. The van der Waals surface area contributed by atoms with Crippen molar-refractivity contribution in [3.63, 3.8) is 0 Å². The smallest absolute Gasteiger partial charge is 0.275 e. The van der Waals surface area contributed by atoms with Crippen molar-refractivity contribution in [1.82, 2.24) is 0 Å². The van der Waals surface area contributed by atoms with Crippen molar-refractivity contribution in [2.45, 2.75) is 26.2 Å². The van der Waals surface area contributed by atoms with Crippen LogP contribution < -0.4 is 0 Å². The number of ketones is 1. The lowest BCUT2D eigenvalue weighted by atomic mass is 9.91. The fourth-order valence-corrected chi connectivity index (χ4v) is 1.87. The fourth-order valence-electron chi connectivity index (χ4n) is 1.72. The van der Waals surface area contributed by atoms with E-state index in [-0.39, 0.29) is 22.1 Å². The monoisotopic (exact) mass is 259 g/mol. The Hall–Kier alpha value is -1.49. The van der Waals surface area contributed by atoms with E-state index in [0.29, 0.717) is 6.42 Å². The van der Waals surface area contributed by atoms with Crippen molar-refractivity contribution in [3.05, 3.63) is 38.7 Å². The molecule has 0 aromatic heterocycles. The van der Waals surface area contributed by atoms with Crippen LogP contribution in [0.4, 0.5) is 10.1 Å². The Labute approximate surface area is 103 Å². The summed E-state index contributed by atoms with van der Waals surface area (Å²) in [4.78, 5) is 21.5. The maximum atomic E-state index is 13.3. The molecule has 0 aliphatic heterocycles. The van der Waals surface area contributed by atoms with Crippen molar-refractivity contribution in [3.8, 4) is 0 Å². The highest BCUT2D eigenvalue weighted by Crippen LogP contribution is 2.33. The molecule has 17 heavy (non-hydrogen) atoms. The third-order valence-electron chi connectivity index (χ3n) is 2.54. The molecule has 0 fully saturated rings. The zero-order chi connectivity index (χ0) is 13.2. The van der Waals surface area contributed by atoms with Crippen molar-refractivity contribution in [2.75, 3.05) is 0 Å². The Morgan fingerprint density at radius 1 is 1.59 bits per heavy atom. The summed E-state index contributed by atoms with van der Waals surface area (Å²) < 4.78 is 13.3. The topological polar surface area (TPSA) is 60.2 Å². The van der Waals surface area contributed by atoms with Gasteiger partial charge in [-0.05, 0) is 19.4 Å². The molecule has 0 radical (unpaired) electrons. The van der Waals surface area contributed by atoms with E-state index in [9.17, 15) is 19.3 Å². The predicted octanol–water partition coefficient (Wildman–Crippen LogP) is 3.47. The first kappa shape index (κ1) is 13.6. The number of hydrogen-bond donors (Lipinski definition) is 0. The lowest BCUT2D eigenvalue weighted by molar-refractivity contribution is -0.385. The lowest BCUT2D eigenvalue weighted by Gasteiger charge is -2.12. The second kappa shape index (κ2) is 5.23. The van der Waals surface area contributed by atoms with Gasteiger partial charge in [-0.15, -0.1) is 0 Å². The second-order valence-corrected chi connectivity index (χ2v) is 4.06. The van der Waals surface area contributed by atoms with Crippen molar-refractivity contribution in [1.29, 1.82) is 0 Å². The van der Waals surface area contributed by atoms with Gasteiger partial charge in [-0.25, -0.2) is 4.39 Å². The summed E-state index contributed by atoms with van der Waals surface area (Å²) in [5.74, 6) is -1.67. The lowest BCUT2D eigenvalue weighted by Crippen LogP contribution is -2.10. The van der Waals surface area contributed by atoms with E-state index in [4.69, 9.17) is 11.6 Å². The van der Waals surface area contributed by atoms with Crippen LogP contribution in [0.3, 0.4) is 0 Å². The van der Waals surface area contributed by atoms with Crippen LogP contribution in [0.25, 0.3) is 0 Å². The van der Waals surface area contributed by atoms with E-state index in [1.165, 1.54) is 6.92 Å². The summed E-state index contributed by atoms with van der Waals surface area (Å²) in [7, 11) is 0. The molecular weight excluding hydrogens is 249 g/mol. The van der Waals surface area contributed by atoms with Crippen LogP contribution >= 0.6 is 11.6 Å². The molecule has 0 heterocycles. The fraction of sp³-hybridized carbons (Fsp3) is 0.364. The first-order valence-corrected chi connectivity index (χ1v) is 5.40. The number of halogens is 2. The van der Waals surface area contributed by atoms with Gasteiger partial charge in [0.15, 0.2) is 0 Å². The zero-order valence-corrected chi connectivity index (χ0v) is 10.1. The third-order valence-corrected chi connectivity index (χ3v) is 2.83. The Balaban J connectivity index is 3.44. The van der Waals surface area contributed by atoms with Gasteiger partial charge in [0.05, 0.1) is 9.95 Å². The average molecular weight is 260 g/mol. The van der Waals surface area contributed by atoms with Gasteiger partial charge in [-0.3, -0.25) is 14.9 Å². The number of benzene rings is 1. The molecule has 92 valence electrons. The van der Waals surface area contributed by atoms with Gasteiger partial charge in [-0.2, -0.15) is 0 Å². The number of carbonyl (C=O) groups excluding carboxylic acids is 1. The summed E-state index contributed by atoms with van der Waals surface area (Å²) in [5, 5.41) is 10.5.